The Morgan fingerprint density at radius 2 is 1.67 bits per heavy atom. The first-order valence-electron chi connectivity index (χ1n) is 11.7. The van der Waals surface area contributed by atoms with E-state index in [1.54, 1.807) is 31.5 Å². The lowest BCUT2D eigenvalue weighted by atomic mass is 10.1. The first-order valence-corrected chi connectivity index (χ1v) is 14.3. The van der Waals surface area contributed by atoms with Gasteiger partial charge in [0.1, 0.15) is 35.8 Å². The van der Waals surface area contributed by atoms with Gasteiger partial charge in [-0.1, -0.05) is 43.3 Å². The van der Waals surface area contributed by atoms with E-state index in [2.05, 4.69) is 10.6 Å². The number of benzene rings is 2. The molecule has 0 aliphatic carbocycles. The van der Waals surface area contributed by atoms with E-state index < -0.39 is 19.0 Å². The number of aryl methyl sites for hydroxylation is 1. The van der Waals surface area contributed by atoms with Crippen molar-refractivity contribution in [3.63, 3.8) is 0 Å². The van der Waals surface area contributed by atoms with E-state index >= 15 is 0 Å². The zero-order valence-electron chi connectivity index (χ0n) is 20.7. The number of furan rings is 1. The molecule has 2 aromatic carbocycles. The van der Waals surface area contributed by atoms with Crippen molar-refractivity contribution in [2.45, 2.75) is 32.9 Å². The van der Waals surface area contributed by atoms with Gasteiger partial charge < -0.3 is 24.7 Å². The number of phenolic OH excluding ortho intramolecular Hbond substituents is 1. The smallest absolute Gasteiger partial charge is 0.279 e. The van der Waals surface area contributed by atoms with Gasteiger partial charge in [0.2, 0.25) is 0 Å². The van der Waals surface area contributed by atoms with Crippen molar-refractivity contribution < 1.29 is 23.7 Å². The molecule has 8 nitrogen and oxygen atoms in total. The molecule has 9 heteroatoms. The van der Waals surface area contributed by atoms with E-state index in [4.69, 9.17) is 4.42 Å². The van der Waals surface area contributed by atoms with Gasteiger partial charge in [0, 0.05) is 0 Å². The van der Waals surface area contributed by atoms with Crippen LogP contribution in [0.3, 0.4) is 0 Å². The number of carbonyl (C=O) groups excluding carboxylic acids is 2. The molecule has 0 fully saturated rings. The predicted molar refractivity (Wildman–Crippen MR) is 139 cm³/mol. The highest BCUT2D eigenvalue weighted by Gasteiger charge is 2.40. The van der Waals surface area contributed by atoms with Crippen molar-refractivity contribution in [2.75, 3.05) is 18.6 Å². The van der Waals surface area contributed by atoms with Crippen molar-refractivity contribution >= 4 is 29.9 Å². The number of aromatic hydroxyl groups is 1. The van der Waals surface area contributed by atoms with Crippen molar-refractivity contribution in [1.29, 1.82) is 0 Å². The third-order valence-electron chi connectivity index (χ3n) is 6.04. The molecule has 0 bridgehead atoms. The Balaban J connectivity index is 1.74. The molecule has 188 valence electrons. The highest BCUT2D eigenvalue weighted by Crippen LogP contribution is 2.41. The Hall–Kier alpha value is -3.77. The van der Waals surface area contributed by atoms with Gasteiger partial charge in [-0.15, -0.1) is 0 Å². The van der Waals surface area contributed by atoms with E-state index in [9.17, 15) is 19.3 Å². The molecule has 0 spiro atoms. The molecule has 1 aliphatic rings. The largest absolute Gasteiger partial charge is 0.505 e. The maximum absolute atomic E-state index is 13.5. The van der Waals surface area contributed by atoms with Crippen molar-refractivity contribution in [2.24, 2.45) is 0 Å². The second-order valence-corrected chi connectivity index (χ2v) is 12.3. The summed E-state index contributed by atoms with van der Waals surface area (Å²) in [6.07, 6.45) is 0.597. The average molecular weight is 508 g/mol. The fourth-order valence-corrected chi connectivity index (χ4v) is 5.20. The molecule has 4 rings (SSSR count). The second kappa shape index (κ2) is 10.1. The molecule has 1 aromatic heterocycles. The Bertz CT molecular complexity index is 1370. The summed E-state index contributed by atoms with van der Waals surface area (Å²) < 4.78 is 18.4. The first kappa shape index (κ1) is 25.3. The lowest BCUT2D eigenvalue weighted by Gasteiger charge is -2.18. The number of phenols is 1. The summed E-state index contributed by atoms with van der Waals surface area (Å²) in [5.41, 5.74) is 1.08. The topological polar surface area (TPSA) is 112 Å². The number of anilines is 1. The van der Waals surface area contributed by atoms with Crippen LogP contribution in [0.1, 0.15) is 36.5 Å². The normalized spacial score (nSPS) is 14.9. The Labute approximate surface area is 210 Å². The van der Waals surface area contributed by atoms with Crippen LogP contribution in [-0.2, 0) is 20.7 Å². The number of carbonyl (C=O) groups is 2. The van der Waals surface area contributed by atoms with Crippen LogP contribution in [0.25, 0.3) is 0 Å². The summed E-state index contributed by atoms with van der Waals surface area (Å²) in [7, 11) is -2.79. The summed E-state index contributed by atoms with van der Waals surface area (Å²) in [4.78, 5) is 28.2. The van der Waals surface area contributed by atoms with Crippen molar-refractivity contribution in [1.82, 2.24) is 10.2 Å². The molecule has 2 amide bonds. The molecule has 0 radical (unpaired) electrons. The van der Waals surface area contributed by atoms with Crippen molar-refractivity contribution in [3.05, 3.63) is 89.1 Å². The Kier molecular flexibility index (Phi) is 7.09. The van der Waals surface area contributed by atoms with E-state index in [-0.39, 0.29) is 40.7 Å². The number of rotatable bonds is 9. The molecule has 1 atom stereocenters. The minimum absolute atomic E-state index is 0.00662. The van der Waals surface area contributed by atoms with Crippen LogP contribution in [0.4, 0.5) is 5.69 Å². The highest BCUT2D eigenvalue weighted by atomic mass is 31.2. The number of hydrogen-bond donors (Lipinski definition) is 3. The summed E-state index contributed by atoms with van der Waals surface area (Å²) in [5, 5.41) is 17.3. The Morgan fingerprint density at radius 3 is 2.28 bits per heavy atom. The SMILES string of the molecule is CC[C@@H](NC1=C(Nc2cccc(P(C)(C)=O)c2O)C(=O)N(Cc2ccccc2)C1=O)c1ccc(C)o1. The zero-order valence-corrected chi connectivity index (χ0v) is 21.6. The summed E-state index contributed by atoms with van der Waals surface area (Å²) in [5.74, 6) is 0.153. The standard InChI is InChI=1S/C27H30N3O5P/c1-5-19(21-15-14-17(2)35-21)28-23-24(29-20-12-9-13-22(25(20)31)36(3,4)34)27(33)30(26(23)32)16-18-10-7-6-8-11-18/h6-15,19,28-29,31H,5,16H2,1-4H3/t19-/m1/s1. The Morgan fingerprint density at radius 1 is 0.972 bits per heavy atom. The molecule has 0 unspecified atom stereocenters. The van der Waals surface area contributed by atoms with Crippen LogP contribution in [0.15, 0.2) is 76.5 Å². The fraction of sp³-hybridized carbons (Fsp3) is 0.259. The minimum atomic E-state index is -2.79. The molecule has 0 saturated heterocycles. The summed E-state index contributed by atoms with van der Waals surface area (Å²) >= 11 is 0. The van der Waals surface area contributed by atoms with Crippen LogP contribution in [0.5, 0.6) is 5.75 Å². The number of hydrogen-bond acceptors (Lipinski definition) is 7. The lowest BCUT2D eigenvalue weighted by molar-refractivity contribution is -0.138. The van der Waals surface area contributed by atoms with Crippen LogP contribution < -0.4 is 15.9 Å². The quantitative estimate of drug-likeness (QED) is 0.223. The molecular weight excluding hydrogens is 477 g/mol. The molecular formula is C27H30N3O5P. The molecule has 1 aliphatic heterocycles. The van der Waals surface area contributed by atoms with E-state index in [1.165, 1.54) is 0 Å². The average Bonchev–Trinajstić information content (AvgIpc) is 3.36. The summed E-state index contributed by atoms with van der Waals surface area (Å²) in [6, 6.07) is 17.4. The predicted octanol–water partition coefficient (Wildman–Crippen LogP) is 4.48. The second-order valence-electron chi connectivity index (χ2n) is 9.13. The van der Waals surface area contributed by atoms with Gasteiger partial charge in [-0.25, -0.2) is 0 Å². The number of amides is 2. The van der Waals surface area contributed by atoms with Crippen LogP contribution in [0.2, 0.25) is 0 Å². The van der Waals surface area contributed by atoms with E-state index in [0.29, 0.717) is 12.2 Å². The molecule has 3 aromatic rings. The van der Waals surface area contributed by atoms with Crippen molar-refractivity contribution in [3.8, 4) is 5.75 Å². The highest BCUT2D eigenvalue weighted by molar-refractivity contribution is 7.70. The van der Waals surface area contributed by atoms with Gasteiger partial charge >= 0.3 is 0 Å². The van der Waals surface area contributed by atoms with Crippen LogP contribution in [0, 0.1) is 6.92 Å². The van der Waals surface area contributed by atoms with Crippen LogP contribution >= 0.6 is 7.14 Å². The number of imide groups is 1. The maximum Gasteiger partial charge on any atom is 0.279 e. The van der Waals surface area contributed by atoms with Gasteiger partial charge in [0.25, 0.3) is 11.8 Å². The zero-order chi connectivity index (χ0) is 26.0. The van der Waals surface area contributed by atoms with Gasteiger partial charge in [0.05, 0.1) is 23.6 Å². The summed E-state index contributed by atoms with van der Waals surface area (Å²) in [6.45, 7) is 6.99. The minimum Gasteiger partial charge on any atom is -0.505 e. The van der Waals surface area contributed by atoms with E-state index in [0.717, 1.165) is 16.2 Å². The number of nitrogens with zero attached hydrogens (tertiary/aromatic N) is 1. The molecule has 36 heavy (non-hydrogen) atoms. The number of para-hydroxylation sites is 1. The fourth-order valence-electron chi connectivity index (χ4n) is 4.13. The molecule has 0 saturated carbocycles. The molecule has 3 N–H and O–H groups in total. The first-order chi connectivity index (χ1) is 17.1. The maximum atomic E-state index is 13.5. The van der Waals surface area contributed by atoms with Gasteiger partial charge in [-0.05, 0) is 56.5 Å². The monoisotopic (exact) mass is 507 g/mol. The molecule has 2 heterocycles. The third-order valence-corrected chi connectivity index (χ3v) is 7.56. The lowest BCUT2D eigenvalue weighted by Crippen LogP contribution is -2.34. The third kappa shape index (κ3) is 5.09. The van der Waals surface area contributed by atoms with Crippen LogP contribution in [-0.4, -0.2) is 35.2 Å². The van der Waals surface area contributed by atoms with E-state index in [1.807, 2.05) is 56.3 Å². The number of nitrogens with one attached hydrogen (secondary N) is 2. The van der Waals surface area contributed by atoms with Gasteiger partial charge in [0.15, 0.2) is 0 Å². The van der Waals surface area contributed by atoms with Gasteiger partial charge in [-0.2, -0.15) is 0 Å². The van der Waals surface area contributed by atoms with Gasteiger partial charge in [-0.3, -0.25) is 14.5 Å².